The first-order chi connectivity index (χ1) is 23.4. The van der Waals surface area contributed by atoms with Gasteiger partial charge in [-0.3, -0.25) is 10.8 Å². The Bertz CT molecular complexity index is 1790. The highest BCUT2D eigenvalue weighted by atomic mass is 32.2. The van der Waals surface area contributed by atoms with Crippen LogP contribution in [0.1, 0.15) is 54.4 Å². The van der Waals surface area contributed by atoms with Crippen molar-refractivity contribution in [1.29, 1.82) is 10.8 Å². The summed E-state index contributed by atoms with van der Waals surface area (Å²) in [5.74, 6) is 1.05. The van der Waals surface area contributed by atoms with Crippen molar-refractivity contribution in [3.63, 3.8) is 0 Å². The highest BCUT2D eigenvalue weighted by Gasteiger charge is 2.16. The quantitative estimate of drug-likeness (QED) is 0.0433. The lowest BCUT2D eigenvalue weighted by Gasteiger charge is -2.10. The third-order valence-electron chi connectivity index (χ3n) is 7.52. The van der Waals surface area contributed by atoms with Crippen molar-refractivity contribution < 1.29 is 26.3 Å². The molecule has 4 aromatic carbocycles. The van der Waals surface area contributed by atoms with Gasteiger partial charge in [0.15, 0.2) is 0 Å². The van der Waals surface area contributed by atoms with Crippen molar-refractivity contribution in [2.24, 2.45) is 11.5 Å². The third-order valence-corrected chi connectivity index (χ3v) is 10.3. The van der Waals surface area contributed by atoms with E-state index in [0.29, 0.717) is 24.3 Å². The number of sulfonamides is 2. The van der Waals surface area contributed by atoms with Crippen molar-refractivity contribution in [2.75, 3.05) is 13.2 Å². The van der Waals surface area contributed by atoms with Crippen molar-refractivity contribution >= 4 is 31.7 Å². The van der Waals surface area contributed by atoms with Gasteiger partial charge in [-0.15, -0.1) is 0 Å². The number of hydrogen-bond acceptors (Lipinski definition) is 8. The second-order valence-corrected chi connectivity index (χ2v) is 14.8. The number of amidine groups is 2. The van der Waals surface area contributed by atoms with Gasteiger partial charge in [0.05, 0.1) is 23.0 Å². The van der Waals surface area contributed by atoms with Crippen LogP contribution in [-0.2, 0) is 33.1 Å². The Labute approximate surface area is 288 Å². The Hall–Kier alpha value is -4.76. The minimum absolute atomic E-state index is 0.0528. The zero-order valence-corrected chi connectivity index (χ0v) is 28.7. The van der Waals surface area contributed by atoms with Gasteiger partial charge in [-0.05, 0) is 72.5 Å². The molecule has 4 rings (SSSR count). The monoisotopic (exact) mass is 706 g/mol. The Morgan fingerprint density at radius 2 is 0.918 bits per heavy atom. The van der Waals surface area contributed by atoms with E-state index in [0.717, 1.165) is 54.7 Å². The number of rotatable bonds is 20. The standard InChI is InChI=1S/C35H42N6O6S2/c36-34(37)28-8-6-10-32(22-28)48(42,43)40-24-26-12-16-30(17-13-26)46-20-4-2-1-3-5-21-47-31-18-14-27(15-19-31)25-41-49(44,45)33-11-7-9-29(23-33)35(38)39/h6-19,22-23,40-41H,1-5,20-21,24-25H2,(H3,36,37)(H3,38,39). The van der Waals surface area contributed by atoms with Crippen LogP contribution in [0.4, 0.5) is 0 Å². The summed E-state index contributed by atoms with van der Waals surface area (Å²) in [6.45, 7) is 1.41. The molecule has 0 radical (unpaired) electrons. The third kappa shape index (κ3) is 11.7. The summed E-state index contributed by atoms with van der Waals surface area (Å²) < 4.78 is 67.3. The fraction of sp³-hybridized carbons (Fsp3) is 0.257. The molecule has 0 bridgehead atoms. The maximum absolute atomic E-state index is 12.6. The van der Waals surface area contributed by atoms with Crippen molar-refractivity contribution in [3.8, 4) is 11.5 Å². The first-order valence-electron chi connectivity index (χ1n) is 15.7. The second kappa shape index (κ2) is 17.6. The molecule has 49 heavy (non-hydrogen) atoms. The van der Waals surface area contributed by atoms with Crippen LogP contribution in [0, 0.1) is 10.8 Å². The molecule has 12 nitrogen and oxygen atoms in total. The Morgan fingerprint density at radius 1 is 0.551 bits per heavy atom. The van der Waals surface area contributed by atoms with Gasteiger partial charge in [0.25, 0.3) is 0 Å². The number of nitrogens with two attached hydrogens (primary N) is 2. The Kier molecular flexibility index (Phi) is 13.3. The van der Waals surface area contributed by atoms with Gasteiger partial charge in [-0.25, -0.2) is 26.3 Å². The van der Waals surface area contributed by atoms with Crippen molar-refractivity contribution in [2.45, 2.75) is 55.0 Å². The molecule has 0 saturated carbocycles. The average molecular weight is 707 g/mol. The highest BCUT2D eigenvalue weighted by molar-refractivity contribution is 7.89. The minimum Gasteiger partial charge on any atom is -0.494 e. The molecule has 14 heteroatoms. The second-order valence-electron chi connectivity index (χ2n) is 11.3. The first-order valence-corrected chi connectivity index (χ1v) is 18.7. The molecule has 0 unspecified atom stereocenters. The van der Waals surface area contributed by atoms with E-state index in [1.165, 1.54) is 24.3 Å². The Morgan fingerprint density at radius 3 is 1.29 bits per heavy atom. The summed E-state index contributed by atoms with van der Waals surface area (Å²) in [5.41, 5.74) is 13.2. The van der Waals surface area contributed by atoms with Crippen LogP contribution in [0.3, 0.4) is 0 Å². The van der Waals surface area contributed by atoms with E-state index in [4.69, 9.17) is 31.8 Å². The molecule has 0 aliphatic carbocycles. The fourth-order valence-corrected chi connectivity index (χ4v) is 6.83. The molecule has 260 valence electrons. The number of hydrogen-bond donors (Lipinski definition) is 6. The molecule has 8 N–H and O–H groups in total. The molecule has 0 aliphatic heterocycles. The van der Waals surface area contributed by atoms with Gasteiger partial charge >= 0.3 is 0 Å². The summed E-state index contributed by atoms with van der Waals surface area (Å²) in [6.07, 6.45) is 4.92. The number of unbranched alkanes of at least 4 members (excludes halogenated alkanes) is 4. The van der Waals surface area contributed by atoms with E-state index >= 15 is 0 Å². The van der Waals surface area contributed by atoms with Gasteiger partial charge < -0.3 is 20.9 Å². The number of benzene rings is 4. The van der Waals surface area contributed by atoms with Crippen LogP contribution in [0.5, 0.6) is 11.5 Å². The topological polar surface area (TPSA) is 211 Å². The average Bonchev–Trinajstić information content (AvgIpc) is 3.10. The lowest BCUT2D eigenvalue weighted by atomic mass is 10.1. The van der Waals surface area contributed by atoms with Gasteiger partial charge in [0, 0.05) is 24.2 Å². The fourth-order valence-electron chi connectivity index (χ4n) is 4.71. The largest absolute Gasteiger partial charge is 0.494 e. The number of nitrogens with one attached hydrogen (secondary N) is 4. The normalized spacial score (nSPS) is 11.6. The zero-order chi connectivity index (χ0) is 35.3. The van der Waals surface area contributed by atoms with Gasteiger partial charge in [-0.2, -0.15) is 0 Å². The van der Waals surface area contributed by atoms with E-state index in [9.17, 15) is 16.8 Å². The molecule has 4 aromatic rings. The van der Waals surface area contributed by atoms with Crippen molar-refractivity contribution in [1.82, 2.24) is 9.44 Å². The van der Waals surface area contributed by atoms with E-state index in [2.05, 4.69) is 9.44 Å². The van der Waals surface area contributed by atoms with Crippen LogP contribution < -0.4 is 30.4 Å². The first kappa shape index (κ1) is 37.1. The molecule has 0 fully saturated rings. The molecule has 0 atom stereocenters. The van der Waals surface area contributed by atoms with Crippen LogP contribution >= 0.6 is 0 Å². The van der Waals surface area contributed by atoms with Crippen LogP contribution in [0.25, 0.3) is 0 Å². The van der Waals surface area contributed by atoms with E-state index < -0.39 is 20.0 Å². The molecular formula is C35H42N6O6S2. The van der Waals surface area contributed by atoms with E-state index in [1.54, 1.807) is 24.3 Å². The molecule has 0 heterocycles. The van der Waals surface area contributed by atoms with Gasteiger partial charge in [0.1, 0.15) is 23.2 Å². The predicted octanol–water partition coefficient (Wildman–Crippen LogP) is 4.62. The lowest BCUT2D eigenvalue weighted by molar-refractivity contribution is 0.293. The van der Waals surface area contributed by atoms with Crippen LogP contribution in [0.2, 0.25) is 0 Å². The molecular weight excluding hydrogens is 665 g/mol. The summed E-state index contributed by atoms with van der Waals surface area (Å²) in [4.78, 5) is 0.106. The smallest absolute Gasteiger partial charge is 0.240 e. The van der Waals surface area contributed by atoms with Crippen molar-refractivity contribution in [3.05, 3.63) is 119 Å². The molecule has 0 spiro atoms. The van der Waals surface area contributed by atoms with Crippen LogP contribution in [0.15, 0.2) is 107 Å². The summed E-state index contributed by atoms with van der Waals surface area (Å²) in [6, 6.07) is 26.5. The van der Waals surface area contributed by atoms with E-state index in [-0.39, 0.29) is 34.6 Å². The maximum Gasteiger partial charge on any atom is 0.240 e. The van der Waals surface area contributed by atoms with Gasteiger partial charge in [-0.1, -0.05) is 67.8 Å². The number of nitrogen functional groups attached to an aromatic ring is 2. The maximum atomic E-state index is 12.6. The van der Waals surface area contributed by atoms with Gasteiger partial charge in [0.2, 0.25) is 20.0 Å². The summed E-state index contributed by atoms with van der Waals surface area (Å²) in [5, 5.41) is 15.0. The molecule has 0 aliphatic rings. The lowest BCUT2D eigenvalue weighted by Crippen LogP contribution is -2.23. The zero-order valence-electron chi connectivity index (χ0n) is 27.0. The summed E-state index contributed by atoms with van der Waals surface area (Å²) in [7, 11) is -7.51. The SMILES string of the molecule is N=C(N)c1cccc(S(=O)(=O)NCc2ccc(OCCCCCCCOc3ccc(CNS(=O)(=O)c4cccc(C(=N)N)c4)cc3)cc2)c1. The number of ether oxygens (including phenoxy) is 2. The van der Waals surface area contributed by atoms with Crippen LogP contribution in [-0.4, -0.2) is 41.7 Å². The predicted molar refractivity (Wildman–Crippen MR) is 190 cm³/mol. The Balaban J connectivity index is 1.06. The highest BCUT2D eigenvalue weighted by Crippen LogP contribution is 2.17. The molecule has 0 saturated heterocycles. The molecule has 0 amide bonds. The summed E-state index contributed by atoms with van der Waals surface area (Å²) >= 11 is 0. The van der Waals surface area contributed by atoms with E-state index in [1.807, 2.05) is 48.5 Å². The molecule has 0 aromatic heterocycles. The minimum atomic E-state index is -3.75.